The zero-order valence-corrected chi connectivity index (χ0v) is 14.2. The summed E-state index contributed by atoms with van der Waals surface area (Å²) in [6.07, 6.45) is 5.17. The predicted molar refractivity (Wildman–Crippen MR) is 91.0 cm³/mol. The highest BCUT2D eigenvalue weighted by molar-refractivity contribution is 5.45. The van der Waals surface area contributed by atoms with E-state index in [4.69, 9.17) is 4.98 Å². The summed E-state index contributed by atoms with van der Waals surface area (Å²) >= 11 is 0. The van der Waals surface area contributed by atoms with E-state index >= 15 is 0 Å². The SMILES string of the molecule is CCCCN(c1cc(CNCC)cc(C(C)C)n1)C1CC1. The molecule has 1 saturated carbocycles. The summed E-state index contributed by atoms with van der Waals surface area (Å²) < 4.78 is 0. The largest absolute Gasteiger partial charge is 0.354 e. The van der Waals surface area contributed by atoms with E-state index < -0.39 is 0 Å². The van der Waals surface area contributed by atoms with Gasteiger partial charge in [0.2, 0.25) is 0 Å². The summed E-state index contributed by atoms with van der Waals surface area (Å²) in [7, 11) is 0. The Labute approximate surface area is 130 Å². The van der Waals surface area contributed by atoms with Gasteiger partial charge in [0, 0.05) is 24.8 Å². The fraction of sp³-hybridized carbons (Fsp3) is 0.722. The number of nitrogens with one attached hydrogen (secondary N) is 1. The molecule has 1 heterocycles. The standard InChI is InChI=1S/C18H31N3/c1-5-7-10-21(16-8-9-16)18-12-15(13-19-6-2)11-17(20-18)14(3)4/h11-12,14,16,19H,5-10,13H2,1-4H3. The van der Waals surface area contributed by atoms with Crippen LogP contribution in [0.4, 0.5) is 5.82 Å². The molecule has 0 atom stereocenters. The lowest BCUT2D eigenvalue weighted by molar-refractivity contribution is 0.690. The smallest absolute Gasteiger partial charge is 0.129 e. The van der Waals surface area contributed by atoms with Gasteiger partial charge >= 0.3 is 0 Å². The third kappa shape index (κ3) is 4.70. The van der Waals surface area contributed by atoms with Crippen molar-refractivity contribution in [2.24, 2.45) is 0 Å². The van der Waals surface area contributed by atoms with E-state index in [1.807, 2.05) is 0 Å². The van der Waals surface area contributed by atoms with E-state index in [1.165, 1.54) is 42.8 Å². The van der Waals surface area contributed by atoms with Crippen LogP contribution >= 0.6 is 0 Å². The molecule has 0 bridgehead atoms. The van der Waals surface area contributed by atoms with Crippen molar-refractivity contribution in [3.63, 3.8) is 0 Å². The van der Waals surface area contributed by atoms with Crippen LogP contribution in [0.3, 0.4) is 0 Å². The van der Waals surface area contributed by atoms with Gasteiger partial charge in [-0.05, 0) is 49.4 Å². The summed E-state index contributed by atoms with van der Waals surface area (Å²) in [6.45, 7) is 12.0. The number of aromatic nitrogens is 1. The second-order valence-electron chi connectivity index (χ2n) is 6.47. The number of unbranched alkanes of at least 4 members (excludes halogenated alkanes) is 1. The zero-order chi connectivity index (χ0) is 15.2. The highest BCUT2D eigenvalue weighted by atomic mass is 15.2. The fourth-order valence-corrected chi connectivity index (χ4v) is 2.61. The molecule has 1 aromatic rings. The molecule has 0 amide bonds. The first-order chi connectivity index (χ1) is 10.2. The van der Waals surface area contributed by atoms with Crippen LogP contribution in [0.25, 0.3) is 0 Å². The number of hydrogen-bond acceptors (Lipinski definition) is 3. The maximum absolute atomic E-state index is 4.95. The summed E-state index contributed by atoms with van der Waals surface area (Å²) in [5.74, 6) is 1.68. The molecular formula is C18H31N3. The maximum atomic E-state index is 4.95. The molecule has 21 heavy (non-hydrogen) atoms. The summed E-state index contributed by atoms with van der Waals surface area (Å²) in [6, 6.07) is 5.29. The molecule has 2 rings (SSSR count). The Kier molecular flexibility index (Phi) is 6.04. The number of pyridine rings is 1. The van der Waals surface area contributed by atoms with Gasteiger partial charge in [-0.25, -0.2) is 4.98 Å². The maximum Gasteiger partial charge on any atom is 0.129 e. The fourth-order valence-electron chi connectivity index (χ4n) is 2.61. The molecule has 118 valence electrons. The van der Waals surface area contributed by atoms with Gasteiger partial charge in [0.25, 0.3) is 0 Å². The van der Waals surface area contributed by atoms with Crippen LogP contribution < -0.4 is 10.2 Å². The van der Waals surface area contributed by atoms with Crippen LogP contribution in [0.15, 0.2) is 12.1 Å². The first-order valence-corrected chi connectivity index (χ1v) is 8.63. The lowest BCUT2D eigenvalue weighted by Crippen LogP contribution is -2.28. The molecule has 1 aromatic heterocycles. The normalized spacial score (nSPS) is 14.7. The van der Waals surface area contributed by atoms with Crippen molar-refractivity contribution in [2.75, 3.05) is 18.0 Å². The summed E-state index contributed by atoms with van der Waals surface area (Å²) in [5, 5.41) is 3.44. The van der Waals surface area contributed by atoms with E-state index in [0.717, 1.165) is 25.7 Å². The molecule has 0 radical (unpaired) electrons. The quantitative estimate of drug-likeness (QED) is 0.742. The first-order valence-electron chi connectivity index (χ1n) is 8.63. The van der Waals surface area contributed by atoms with Crippen LogP contribution in [-0.2, 0) is 6.54 Å². The van der Waals surface area contributed by atoms with Crippen LogP contribution in [0.5, 0.6) is 0 Å². The molecule has 1 fully saturated rings. The van der Waals surface area contributed by atoms with E-state index in [1.54, 1.807) is 0 Å². The highest BCUT2D eigenvalue weighted by Crippen LogP contribution is 2.32. The van der Waals surface area contributed by atoms with Crippen molar-refractivity contribution in [3.8, 4) is 0 Å². The average molecular weight is 289 g/mol. The monoisotopic (exact) mass is 289 g/mol. The second-order valence-corrected chi connectivity index (χ2v) is 6.47. The third-order valence-electron chi connectivity index (χ3n) is 4.10. The molecule has 0 saturated heterocycles. The zero-order valence-electron chi connectivity index (χ0n) is 14.2. The molecule has 0 spiro atoms. The molecular weight excluding hydrogens is 258 g/mol. The lowest BCUT2D eigenvalue weighted by Gasteiger charge is -2.25. The average Bonchev–Trinajstić information content (AvgIpc) is 3.30. The topological polar surface area (TPSA) is 28.2 Å². The molecule has 3 nitrogen and oxygen atoms in total. The Morgan fingerprint density at radius 3 is 2.62 bits per heavy atom. The predicted octanol–water partition coefficient (Wildman–Crippen LogP) is 4.08. The van der Waals surface area contributed by atoms with Gasteiger partial charge in [0.1, 0.15) is 5.82 Å². The minimum Gasteiger partial charge on any atom is -0.354 e. The molecule has 1 aliphatic carbocycles. The summed E-state index contributed by atoms with van der Waals surface area (Å²) in [5.41, 5.74) is 2.59. The van der Waals surface area contributed by atoms with Crippen molar-refractivity contribution in [2.45, 2.75) is 71.9 Å². The van der Waals surface area contributed by atoms with Crippen LogP contribution in [0.1, 0.15) is 70.6 Å². The van der Waals surface area contributed by atoms with E-state index in [9.17, 15) is 0 Å². The van der Waals surface area contributed by atoms with Crippen molar-refractivity contribution >= 4 is 5.82 Å². The minimum atomic E-state index is 0.484. The first kappa shape index (κ1) is 16.3. The number of rotatable bonds is 9. The Hall–Kier alpha value is -1.09. The van der Waals surface area contributed by atoms with Crippen molar-refractivity contribution in [3.05, 3.63) is 23.4 Å². The number of hydrogen-bond donors (Lipinski definition) is 1. The van der Waals surface area contributed by atoms with Crippen LogP contribution in [-0.4, -0.2) is 24.1 Å². The van der Waals surface area contributed by atoms with Crippen LogP contribution in [0, 0.1) is 0 Å². The van der Waals surface area contributed by atoms with Gasteiger partial charge in [-0.15, -0.1) is 0 Å². The van der Waals surface area contributed by atoms with E-state index in [0.29, 0.717) is 5.92 Å². The molecule has 0 aliphatic heterocycles. The Morgan fingerprint density at radius 2 is 2.05 bits per heavy atom. The van der Waals surface area contributed by atoms with Gasteiger partial charge in [-0.3, -0.25) is 0 Å². The third-order valence-corrected chi connectivity index (χ3v) is 4.10. The summed E-state index contributed by atoms with van der Waals surface area (Å²) in [4.78, 5) is 7.50. The number of anilines is 1. The number of nitrogens with zero attached hydrogens (tertiary/aromatic N) is 2. The molecule has 0 unspecified atom stereocenters. The Morgan fingerprint density at radius 1 is 1.29 bits per heavy atom. The van der Waals surface area contributed by atoms with Crippen molar-refractivity contribution < 1.29 is 0 Å². The Bertz CT molecular complexity index is 438. The van der Waals surface area contributed by atoms with Crippen molar-refractivity contribution in [1.82, 2.24) is 10.3 Å². The van der Waals surface area contributed by atoms with E-state index in [-0.39, 0.29) is 0 Å². The molecule has 1 N–H and O–H groups in total. The van der Waals surface area contributed by atoms with Gasteiger partial charge < -0.3 is 10.2 Å². The van der Waals surface area contributed by atoms with Gasteiger partial charge in [0.15, 0.2) is 0 Å². The minimum absolute atomic E-state index is 0.484. The highest BCUT2D eigenvalue weighted by Gasteiger charge is 2.30. The molecule has 3 heteroatoms. The molecule has 1 aliphatic rings. The molecule has 0 aromatic carbocycles. The van der Waals surface area contributed by atoms with Crippen LogP contribution in [0.2, 0.25) is 0 Å². The lowest BCUT2D eigenvalue weighted by atomic mass is 10.1. The van der Waals surface area contributed by atoms with Crippen molar-refractivity contribution in [1.29, 1.82) is 0 Å². The second kappa shape index (κ2) is 7.79. The van der Waals surface area contributed by atoms with E-state index in [2.05, 4.69) is 50.0 Å². The van der Waals surface area contributed by atoms with Gasteiger partial charge in [-0.1, -0.05) is 34.1 Å². The Balaban J connectivity index is 2.23. The van der Waals surface area contributed by atoms with Gasteiger partial charge in [0.05, 0.1) is 0 Å². The van der Waals surface area contributed by atoms with Gasteiger partial charge in [-0.2, -0.15) is 0 Å².